The highest BCUT2D eigenvalue weighted by molar-refractivity contribution is 5.94. The Hall–Kier alpha value is -1.81. The molecular weight excluding hydrogens is 230 g/mol. The Morgan fingerprint density at radius 1 is 1.67 bits per heavy atom. The number of aliphatic hydroxyl groups excluding tert-OH is 1. The van der Waals surface area contributed by atoms with E-state index in [1.54, 1.807) is 37.9 Å². The fourth-order valence-corrected chi connectivity index (χ4v) is 1.97. The second kappa shape index (κ2) is 5.69. The van der Waals surface area contributed by atoms with Crippen molar-refractivity contribution in [1.82, 2.24) is 4.90 Å². The molecule has 18 heavy (non-hydrogen) atoms. The van der Waals surface area contributed by atoms with Crippen LogP contribution in [0.3, 0.4) is 0 Å². The zero-order valence-electron chi connectivity index (χ0n) is 11.1. The standard InChI is InChI=1S/C14H19NO3/c1-6-15-9(3)8-12(14(17)18-7-2)10(4)13(15)11(5)16/h6,8,11,16H,1,3,7H2,2,4-5H3. The van der Waals surface area contributed by atoms with Crippen LogP contribution in [0.25, 0.3) is 0 Å². The van der Waals surface area contributed by atoms with Crippen molar-refractivity contribution >= 4 is 5.97 Å². The predicted molar refractivity (Wildman–Crippen MR) is 70.3 cm³/mol. The van der Waals surface area contributed by atoms with Crippen LogP contribution in [-0.4, -0.2) is 28.7 Å². The molecule has 0 fully saturated rings. The van der Waals surface area contributed by atoms with Gasteiger partial charge in [-0.15, -0.1) is 0 Å². The third-order valence-electron chi connectivity index (χ3n) is 2.74. The van der Waals surface area contributed by atoms with Gasteiger partial charge in [-0.2, -0.15) is 0 Å². The molecule has 0 aliphatic carbocycles. The van der Waals surface area contributed by atoms with Crippen molar-refractivity contribution in [2.75, 3.05) is 6.61 Å². The summed E-state index contributed by atoms with van der Waals surface area (Å²) in [5.74, 6) is -0.405. The molecule has 1 aliphatic heterocycles. The highest BCUT2D eigenvalue weighted by Gasteiger charge is 2.27. The Bertz CT molecular complexity index is 444. The summed E-state index contributed by atoms with van der Waals surface area (Å²) < 4.78 is 4.99. The van der Waals surface area contributed by atoms with Crippen LogP contribution >= 0.6 is 0 Å². The van der Waals surface area contributed by atoms with Crippen molar-refractivity contribution in [3.8, 4) is 0 Å². The number of hydrogen-bond acceptors (Lipinski definition) is 4. The van der Waals surface area contributed by atoms with Crippen LogP contribution in [0, 0.1) is 0 Å². The minimum atomic E-state index is -0.724. The number of nitrogens with zero attached hydrogens (tertiary/aromatic N) is 1. The van der Waals surface area contributed by atoms with Crippen LogP contribution in [0.5, 0.6) is 0 Å². The van der Waals surface area contributed by atoms with Crippen LogP contribution < -0.4 is 0 Å². The van der Waals surface area contributed by atoms with Gasteiger partial charge < -0.3 is 14.7 Å². The lowest BCUT2D eigenvalue weighted by molar-refractivity contribution is -0.138. The van der Waals surface area contributed by atoms with Gasteiger partial charge in [-0.05, 0) is 32.4 Å². The first kappa shape index (κ1) is 14.3. The molecule has 1 atom stereocenters. The second-order valence-corrected chi connectivity index (χ2v) is 4.01. The average Bonchev–Trinajstić information content (AvgIpc) is 2.30. The van der Waals surface area contributed by atoms with Crippen molar-refractivity contribution in [2.45, 2.75) is 26.9 Å². The van der Waals surface area contributed by atoms with E-state index in [0.717, 1.165) is 0 Å². The summed E-state index contributed by atoms with van der Waals surface area (Å²) in [4.78, 5) is 13.5. The molecule has 1 rings (SSSR count). The topological polar surface area (TPSA) is 49.8 Å². The molecule has 1 unspecified atom stereocenters. The number of carbonyl (C=O) groups is 1. The van der Waals surface area contributed by atoms with Gasteiger partial charge in [0.05, 0.1) is 24.0 Å². The van der Waals surface area contributed by atoms with Gasteiger partial charge in [0.15, 0.2) is 0 Å². The summed E-state index contributed by atoms with van der Waals surface area (Å²) in [5.41, 5.74) is 2.28. The van der Waals surface area contributed by atoms with Crippen molar-refractivity contribution in [2.24, 2.45) is 0 Å². The van der Waals surface area contributed by atoms with Crippen LogP contribution in [0.4, 0.5) is 0 Å². The molecule has 1 heterocycles. The number of allylic oxidation sites excluding steroid dienone is 1. The van der Waals surface area contributed by atoms with Gasteiger partial charge in [0, 0.05) is 11.9 Å². The first-order chi connectivity index (χ1) is 8.43. The Kier molecular flexibility index (Phi) is 4.50. The molecule has 1 N–H and O–H groups in total. The molecule has 0 saturated heterocycles. The van der Waals surface area contributed by atoms with Gasteiger partial charge in [0.2, 0.25) is 0 Å². The largest absolute Gasteiger partial charge is 0.462 e. The van der Waals surface area contributed by atoms with Gasteiger partial charge in [-0.1, -0.05) is 13.2 Å². The summed E-state index contributed by atoms with van der Waals surface area (Å²) in [5, 5.41) is 9.83. The lowest BCUT2D eigenvalue weighted by Gasteiger charge is -2.32. The van der Waals surface area contributed by atoms with Crippen LogP contribution in [0.1, 0.15) is 20.8 Å². The van der Waals surface area contributed by atoms with Crippen LogP contribution in [0.15, 0.2) is 48.0 Å². The van der Waals surface area contributed by atoms with E-state index in [-0.39, 0.29) is 0 Å². The summed E-state index contributed by atoms with van der Waals surface area (Å²) >= 11 is 0. The molecule has 98 valence electrons. The summed E-state index contributed by atoms with van der Waals surface area (Å²) in [6.07, 6.45) is 2.48. The van der Waals surface area contributed by atoms with E-state index in [1.165, 1.54) is 0 Å². The molecule has 4 nitrogen and oxygen atoms in total. The Morgan fingerprint density at radius 2 is 2.28 bits per heavy atom. The Balaban J connectivity index is 3.27. The van der Waals surface area contributed by atoms with Crippen molar-refractivity contribution < 1.29 is 14.6 Å². The third-order valence-corrected chi connectivity index (χ3v) is 2.74. The van der Waals surface area contributed by atoms with E-state index in [1.807, 2.05) is 0 Å². The van der Waals surface area contributed by atoms with E-state index < -0.39 is 12.1 Å². The predicted octanol–water partition coefficient (Wildman–Crippen LogP) is 2.10. The maximum atomic E-state index is 11.8. The molecule has 0 aromatic heterocycles. The minimum absolute atomic E-state index is 0.311. The quantitative estimate of drug-likeness (QED) is 0.775. The maximum Gasteiger partial charge on any atom is 0.338 e. The molecule has 1 aliphatic rings. The molecule has 0 amide bonds. The normalized spacial score (nSPS) is 17.4. The second-order valence-electron chi connectivity index (χ2n) is 4.01. The van der Waals surface area contributed by atoms with Gasteiger partial charge in [-0.25, -0.2) is 4.79 Å². The maximum absolute atomic E-state index is 11.8. The molecule has 4 heteroatoms. The van der Waals surface area contributed by atoms with Crippen LogP contribution in [-0.2, 0) is 9.53 Å². The fourth-order valence-electron chi connectivity index (χ4n) is 1.97. The molecule has 0 radical (unpaired) electrons. The fraction of sp³-hybridized carbons (Fsp3) is 0.357. The molecule has 0 spiro atoms. The highest BCUT2D eigenvalue weighted by atomic mass is 16.5. The van der Waals surface area contributed by atoms with E-state index in [2.05, 4.69) is 13.2 Å². The smallest absolute Gasteiger partial charge is 0.338 e. The lowest BCUT2D eigenvalue weighted by atomic mass is 9.97. The van der Waals surface area contributed by atoms with Crippen molar-refractivity contribution in [3.63, 3.8) is 0 Å². The third kappa shape index (κ3) is 2.54. The zero-order chi connectivity index (χ0) is 13.9. The number of rotatable bonds is 4. The zero-order valence-corrected chi connectivity index (χ0v) is 11.1. The first-order valence-electron chi connectivity index (χ1n) is 5.82. The van der Waals surface area contributed by atoms with E-state index in [0.29, 0.717) is 29.1 Å². The molecule has 0 saturated carbocycles. The molecular formula is C14H19NO3. The number of hydrogen-bond donors (Lipinski definition) is 1. The lowest BCUT2D eigenvalue weighted by Crippen LogP contribution is -2.29. The summed E-state index contributed by atoms with van der Waals surface area (Å²) in [6.45, 7) is 13.0. The van der Waals surface area contributed by atoms with Gasteiger partial charge >= 0.3 is 5.97 Å². The minimum Gasteiger partial charge on any atom is -0.462 e. The summed E-state index contributed by atoms with van der Waals surface area (Å²) in [7, 11) is 0. The molecule has 0 aromatic rings. The monoisotopic (exact) mass is 249 g/mol. The average molecular weight is 249 g/mol. The van der Waals surface area contributed by atoms with Gasteiger partial charge in [-0.3, -0.25) is 0 Å². The van der Waals surface area contributed by atoms with Crippen molar-refractivity contribution in [1.29, 1.82) is 0 Å². The number of carbonyl (C=O) groups excluding carboxylic acids is 1. The first-order valence-corrected chi connectivity index (χ1v) is 5.82. The van der Waals surface area contributed by atoms with E-state index in [4.69, 9.17) is 4.74 Å². The van der Waals surface area contributed by atoms with Crippen LogP contribution in [0.2, 0.25) is 0 Å². The van der Waals surface area contributed by atoms with Gasteiger partial charge in [0.1, 0.15) is 0 Å². The molecule has 0 bridgehead atoms. The Morgan fingerprint density at radius 3 is 2.72 bits per heavy atom. The summed E-state index contributed by atoms with van der Waals surface area (Å²) in [6, 6.07) is 0. The number of esters is 1. The SMILES string of the molecule is C=CN1C(=C)C=C(C(=O)OCC)C(C)=C1C(C)O. The number of ether oxygens (including phenoxy) is 1. The Labute approximate surface area is 108 Å². The van der Waals surface area contributed by atoms with Crippen molar-refractivity contribution in [3.05, 3.63) is 48.0 Å². The molecule has 0 aromatic carbocycles. The number of aliphatic hydroxyl groups is 1. The highest BCUT2D eigenvalue weighted by Crippen LogP contribution is 2.31. The van der Waals surface area contributed by atoms with E-state index >= 15 is 0 Å². The van der Waals surface area contributed by atoms with Gasteiger partial charge in [0.25, 0.3) is 0 Å². The van der Waals surface area contributed by atoms with E-state index in [9.17, 15) is 9.90 Å².